The Bertz CT molecular complexity index is 510. The maximum atomic E-state index is 11.6. The van der Waals surface area contributed by atoms with Crippen molar-refractivity contribution in [1.29, 1.82) is 0 Å². The van der Waals surface area contributed by atoms with Crippen LogP contribution in [-0.2, 0) is 0 Å². The Morgan fingerprint density at radius 3 is 2.60 bits per heavy atom. The second-order valence-corrected chi connectivity index (χ2v) is 3.60. The number of rotatable bonds is 2. The van der Waals surface area contributed by atoms with Crippen LogP contribution in [0.5, 0.6) is 0 Å². The fourth-order valence-electron chi connectivity index (χ4n) is 1.19. The minimum Gasteiger partial charge on any atom is -0.251 e. The van der Waals surface area contributed by atoms with Crippen molar-refractivity contribution in [2.45, 2.75) is 5.16 Å². The van der Waals surface area contributed by atoms with Crippen LogP contribution in [-0.4, -0.2) is 20.8 Å². The Balaban J connectivity index is 2.51. The average Bonchev–Trinajstić information content (AvgIpc) is 2.30. The molecule has 5 heteroatoms. The highest BCUT2D eigenvalue weighted by Gasteiger charge is 2.01. The molecule has 0 saturated carbocycles. The largest absolute Gasteiger partial charge is 0.355 e. The maximum absolute atomic E-state index is 11.6. The first-order valence-electron chi connectivity index (χ1n) is 4.36. The van der Waals surface area contributed by atoms with E-state index in [0.29, 0.717) is 5.16 Å². The van der Waals surface area contributed by atoms with E-state index in [1.54, 1.807) is 0 Å². The Kier molecular flexibility index (Phi) is 2.82. The van der Waals surface area contributed by atoms with Crippen LogP contribution in [0.15, 0.2) is 46.6 Å². The molecule has 0 aliphatic heterocycles. The topological polar surface area (TPSA) is 47.8 Å². The first-order valence-corrected chi connectivity index (χ1v) is 5.59. The van der Waals surface area contributed by atoms with Crippen LogP contribution in [0.1, 0.15) is 0 Å². The van der Waals surface area contributed by atoms with E-state index in [1.165, 1.54) is 22.7 Å². The zero-order chi connectivity index (χ0) is 10.7. The van der Waals surface area contributed by atoms with Gasteiger partial charge in [0.25, 0.3) is 0 Å². The highest BCUT2D eigenvalue weighted by Crippen LogP contribution is 2.06. The second-order valence-electron chi connectivity index (χ2n) is 2.83. The number of para-hydroxylation sites is 1. The molecule has 15 heavy (non-hydrogen) atoms. The molecule has 1 heterocycles. The summed E-state index contributed by atoms with van der Waals surface area (Å²) in [6.07, 6.45) is 3.33. The summed E-state index contributed by atoms with van der Waals surface area (Å²) in [4.78, 5) is 19.5. The molecule has 1 aromatic carbocycles. The molecule has 4 nitrogen and oxygen atoms in total. The van der Waals surface area contributed by atoms with Crippen LogP contribution in [0, 0.1) is 0 Å². The summed E-state index contributed by atoms with van der Waals surface area (Å²) in [7, 11) is 0. The van der Waals surface area contributed by atoms with E-state index in [4.69, 9.17) is 0 Å². The zero-order valence-corrected chi connectivity index (χ0v) is 8.94. The summed E-state index contributed by atoms with van der Waals surface area (Å²) in [6, 6.07) is 9.30. The SMILES string of the molecule is CSc1ncn(-c2ccccc2)c(=O)n1. The molecule has 1 aromatic heterocycles. The third-order valence-corrected chi connectivity index (χ3v) is 2.46. The number of hydrogen-bond acceptors (Lipinski definition) is 4. The van der Waals surface area contributed by atoms with Gasteiger partial charge in [-0.25, -0.2) is 9.78 Å². The summed E-state index contributed by atoms with van der Waals surface area (Å²) in [5.41, 5.74) is 0.468. The summed E-state index contributed by atoms with van der Waals surface area (Å²) < 4.78 is 1.42. The van der Waals surface area contributed by atoms with E-state index in [9.17, 15) is 4.79 Å². The van der Waals surface area contributed by atoms with Crippen molar-refractivity contribution in [1.82, 2.24) is 14.5 Å². The van der Waals surface area contributed by atoms with Crippen molar-refractivity contribution in [2.24, 2.45) is 0 Å². The van der Waals surface area contributed by atoms with Crippen molar-refractivity contribution >= 4 is 11.8 Å². The monoisotopic (exact) mass is 219 g/mol. The quantitative estimate of drug-likeness (QED) is 0.715. The maximum Gasteiger partial charge on any atom is 0.355 e. The van der Waals surface area contributed by atoms with Gasteiger partial charge in [-0.1, -0.05) is 30.0 Å². The number of nitrogens with zero attached hydrogens (tertiary/aromatic N) is 3. The summed E-state index contributed by atoms with van der Waals surface area (Å²) >= 11 is 1.35. The van der Waals surface area contributed by atoms with Crippen molar-refractivity contribution < 1.29 is 0 Å². The van der Waals surface area contributed by atoms with Gasteiger partial charge in [0.2, 0.25) is 0 Å². The molecule has 0 spiro atoms. The van der Waals surface area contributed by atoms with Gasteiger partial charge in [-0.15, -0.1) is 0 Å². The molecule has 0 aliphatic rings. The molecule has 76 valence electrons. The number of thioether (sulfide) groups is 1. The molecule has 2 rings (SSSR count). The standard InChI is InChI=1S/C10H9N3OS/c1-15-9-11-7-13(10(14)12-9)8-5-3-2-4-6-8/h2-7H,1H3. The lowest BCUT2D eigenvalue weighted by molar-refractivity contribution is 0.784. The van der Waals surface area contributed by atoms with Crippen LogP contribution >= 0.6 is 11.8 Å². The fourth-order valence-corrected chi connectivity index (χ4v) is 1.51. The smallest absolute Gasteiger partial charge is 0.251 e. The molecule has 0 fully saturated rings. The lowest BCUT2D eigenvalue weighted by Crippen LogP contribution is -2.22. The predicted octanol–water partition coefficient (Wildman–Crippen LogP) is 1.35. The van der Waals surface area contributed by atoms with E-state index in [0.717, 1.165) is 5.69 Å². The van der Waals surface area contributed by atoms with Crippen LogP contribution in [0.3, 0.4) is 0 Å². The summed E-state index contributed by atoms with van der Waals surface area (Å²) in [6.45, 7) is 0. The third-order valence-electron chi connectivity index (χ3n) is 1.90. The molecular weight excluding hydrogens is 210 g/mol. The highest BCUT2D eigenvalue weighted by molar-refractivity contribution is 7.98. The number of benzene rings is 1. The number of hydrogen-bond donors (Lipinski definition) is 0. The second kappa shape index (κ2) is 4.27. The van der Waals surface area contributed by atoms with Crippen molar-refractivity contribution in [2.75, 3.05) is 6.26 Å². The van der Waals surface area contributed by atoms with E-state index >= 15 is 0 Å². The third kappa shape index (κ3) is 2.07. The first-order chi connectivity index (χ1) is 7.31. The normalized spacial score (nSPS) is 10.2. The van der Waals surface area contributed by atoms with Gasteiger partial charge in [-0.05, 0) is 18.4 Å². The molecule has 0 bridgehead atoms. The van der Waals surface area contributed by atoms with Gasteiger partial charge in [0.1, 0.15) is 6.33 Å². The summed E-state index contributed by atoms with van der Waals surface area (Å²) in [5.74, 6) is 0. The Hall–Kier alpha value is -1.62. The molecule has 0 N–H and O–H groups in total. The summed E-state index contributed by atoms with van der Waals surface area (Å²) in [5, 5.41) is 0.493. The van der Waals surface area contributed by atoms with Gasteiger partial charge in [-0.2, -0.15) is 4.98 Å². The Labute approximate surface area is 91.0 Å². The average molecular weight is 219 g/mol. The number of aromatic nitrogens is 3. The Morgan fingerprint density at radius 2 is 2.00 bits per heavy atom. The van der Waals surface area contributed by atoms with E-state index in [1.807, 2.05) is 36.6 Å². The van der Waals surface area contributed by atoms with E-state index in [2.05, 4.69) is 9.97 Å². The van der Waals surface area contributed by atoms with Gasteiger partial charge in [0.05, 0.1) is 5.69 Å². The molecule has 0 radical (unpaired) electrons. The van der Waals surface area contributed by atoms with Crippen LogP contribution in [0.25, 0.3) is 5.69 Å². The molecule has 0 amide bonds. The fraction of sp³-hybridized carbons (Fsp3) is 0.100. The molecular formula is C10H9N3OS. The van der Waals surface area contributed by atoms with Crippen molar-refractivity contribution in [3.63, 3.8) is 0 Å². The van der Waals surface area contributed by atoms with Crippen molar-refractivity contribution in [3.8, 4) is 5.69 Å². The molecule has 0 unspecified atom stereocenters. The molecule has 0 aliphatic carbocycles. The zero-order valence-electron chi connectivity index (χ0n) is 8.12. The van der Waals surface area contributed by atoms with Gasteiger partial charge >= 0.3 is 5.69 Å². The lowest BCUT2D eigenvalue weighted by Gasteiger charge is -2.03. The first kappa shape index (κ1) is 9.92. The van der Waals surface area contributed by atoms with Gasteiger partial charge < -0.3 is 0 Å². The van der Waals surface area contributed by atoms with Gasteiger partial charge in [0, 0.05) is 0 Å². The lowest BCUT2D eigenvalue weighted by atomic mass is 10.3. The highest BCUT2D eigenvalue weighted by atomic mass is 32.2. The Morgan fingerprint density at radius 1 is 1.27 bits per heavy atom. The molecule has 2 aromatic rings. The minimum absolute atomic E-state index is 0.305. The van der Waals surface area contributed by atoms with Crippen LogP contribution in [0.2, 0.25) is 0 Å². The minimum atomic E-state index is -0.305. The van der Waals surface area contributed by atoms with Crippen molar-refractivity contribution in [3.05, 3.63) is 47.1 Å². The van der Waals surface area contributed by atoms with Crippen LogP contribution < -0.4 is 5.69 Å². The van der Waals surface area contributed by atoms with E-state index in [-0.39, 0.29) is 5.69 Å². The molecule has 0 saturated heterocycles. The predicted molar refractivity (Wildman–Crippen MR) is 59.4 cm³/mol. The van der Waals surface area contributed by atoms with Gasteiger partial charge in [-0.3, -0.25) is 4.57 Å². The van der Waals surface area contributed by atoms with Gasteiger partial charge in [0.15, 0.2) is 5.16 Å². The molecule has 0 atom stereocenters. The van der Waals surface area contributed by atoms with Crippen LogP contribution in [0.4, 0.5) is 0 Å². The van der Waals surface area contributed by atoms with E-state index < -0.39 is 0 Å².